The molecule has 0 aromatic heterocycles. The minimum absolute atomic E-state index is 0.946. The average molecular weight is 192 g/mol. The van der Waals surface area contributed by atoms with Crippen LogP contribution < -0.4 is 0 Å². The molecule has 2 aromatic carbocycles. The Hall–Kier alpha value is -2.00. The Bertz CT molecular complexity index is 498. The molecular weight excluding hydrogens is 180 g/mol. The van der Waals surface area contributed by atoms with Gasteiger partial charge in [0.05, 0.1) is 0 Å². The third-order valence-electron chi connectivity index (χ3n) is 2.45. The van der Waals surface area contributed by atoms with Crippen molar-refractivity contribution < 1.29 is 0 Å². The van der Waals surface area contributed by atoms with Crippen LogP contribution in [0.4, 0.5) is 0 Å². The van der Waals surface area contributed by atoms with Gasteiger partial charge >= 0.3 is 0 Å². The third-order valence-corrected chi connectivity index (χ3v) is 2.45. The van der Waals surface area contributed by atoms with Gasteiger partial charge in [0.15, 0.2) is 0 Å². The van der Waals surface area contributed by atoms with Crippen molar-refractivity contribution in [3.8, 4) is 23.5 Å². The molecule has 0 heterocycles. The summed E-state index contributed by atoms with van der Waals surface area (Å²) in [6.07, 6.45) is 5.47. The van der Waals surface area contributed by atoms with Gasteiger partial charge in [-0.15, -0.1) is 6.42 Å². The van der Waals surface area contributed by atoms with Crippen molar-refractivity contribution in [1.29, 1.82) is 0 Å². The van der Waals surface area contributed by atoms with Gasteiger partial charge in [-0.05, 0) is 24.1 Å². The molecule has 15 heavy (non-hydrogen) atoms. The molecule has 0 radical (unpaired) electrons. The van der Waals surface area contributed by atoms with E-state index < -0.39 is 0 Å². The fourth-order valence-corrected chi connectivity index (χ4v) is 1.59. The highest BCUT2D eigenvalue weighted by molar-refractivity contribution is 5.70. The molecule has 0 spiro atoms. The van der Waals surface area contributed by atoms with E-state index in [-0.39, 0.29) is 0 Å². The first-order chi connectivity index (χ1) is 7.31. The topological polar surface area (TPSA) is 0 Å². The monoisotopic (exact) mass is 192 g/mol. The van der Waals surface area contributed by atoms with Gasteiger partial charge in [0.1, 0.15) is 0 Å². The van der Waals surface area contributed by atoms with Crippen LogP contribution in [0.2, 0.25) is 0 Å². The van der Waals surface area contributed by atoms with E-state index in [0.717, 1.165) is 11.1 Å². The van der Waals surface area contributed by atoms with Crippen molar-refractivity contribution in [2.45, 2.75) is 6.92 Å². The summed E-state index contributed by atoms with van der Waals surface area (Å²) in [5.41, 5.74) is 4.51. The molecule has 0 bridgehead atoms. The summed E-state index contributed by atoms with van der Waals surface area (Å²) in [4.78, 5) is 0. The first-order valence-corrected chi connectivity index (χ1v) is 4.94. The normalized spacial score (nSPS) is 9.60. The van der Waals surface area contributed by atoms with Gasteiger partial charge < -0.3 is 0 Å². The minimum atomic E-state index is 0.946. The molecule has 0 fully saturated rings. The van der Waals surface area contributed by atoms with Crippen LogP contribution in [0.25, 0.3) is 11.1 Å². The molecule has 0 nitrogen and oxygen atoms in total. The summed E-state index contributed by atoms with van der Waals surface area (Å²) < 4.78 is 0. The zero-order valence-corrected chi connectivity index (χ0v) is 8.70. The molecule has 0 aliphatic heterocycles. The molecule has 2 rings (SSSR count). The first kappa shape index (κ1) is 9.55. The molecule has 0 heteroatoms. The number of rotatable bonds is 1. The molecule has 0 amide bonds. The Kier molecular flexibility index (Phi) is 2.56. The quantitative estimate of drug-likeness (QED) is 0.605. The standard InChI is InChI=1S/C15H12/c1-3-13-6-4-5-7-15(13)14-10-8-12(2)9-11-14/h1,4-11H,2H3. The van der Waals surface area contributed by atoms with E-state index in [1.165, 1.54) is 11.1 Å². The van der Waals surface area contributed by atoms with E-state index >= 15 is 0 Å². The summed E-state index contributed by atoms with van der Waals surface area (Å²) in [7, 11) is 0. The van der Waals surface area contributed by atoms with Crippen LogP contribution in [0.5, 0.6) is 0 Å². The predicted octanol–water partition coefficient (Wildman–Crippen LogP) is 3.64. The summed E-state index contributed by atoms with van der Waals surface area (Å²) in [5.74, 6) is 2.71. The highest BCUT2D eigenvalue weighted by atomic mass is 14.0. The summed E-state index contributed by atoms with van der Waals surface area (Å²) in [5, 5.41) is 0. The Balaban J connectivity index is 2.55. The fraction of sp³-hybridized carbons (Fsp3) is 0.0667. The highest BCUT2D eigenvalue weighted by Gasteiger charge is 2.01. The van der Waals surface area contributed by atoms with Crippen LogP contribution in [-0.2, 0) is 0 Å². The van der Waals surface area contributed by atoms with Gasteiger partial charge in [-0.25, -0.2) is 0 Å². The van der Waals surface area contributed by atoms with Crippen molar-refractivity contribution in [1.82, 2.24) is 0 Å². The van der Waals surface area contributed by atoms with Crippen molar-refractivity contribution in [3.05, 3.63) is 59.7 Å². The van der Waals surface area contributed by atoms with Crippen LogP contribution >= 0.6 is 0 Å². The Labute approximate surface area is 90.6 Å². The lowest BCUT2D eigenvalue weighted by molar-refractivity contribution is 1.46. The predicted molar refractivity (Wildman–Crippen MR) is 64.6 cm³/mol. The SMILES string of the molecule is C#Cc1ccccc1-c1ccc(C)cc1. The van der Waals surface area contributed by atoms with E-state index in [1.54, 1.807) is 0 Å². The summed E-state index contributed by atoms with van der Waals surface area (Å²) in [6, 6.07) is 16.4. The zero-order valence-electron chi connectivity index (χ0n) is 8.70. The van der Waals surface area contributed by atoms with Crippen LogP contribution in [0.3, 0.4) is 0 Å². The van der Waals surface area contributed by atoms with Gasteiger partial charge in [0.25, 0.3) is 0 Å². The highest BCUT2D eigenvalue weighted by Crippen LogP contribution is 2.23. The maximum atomic E-state index is 5.47. The molecule has 0 aliphatic carbocycles. The molecule has 72 valence electrons. The lowest BCUT2D eigenvalue weighted by Gasteiger charge is -2.04. The fourth-order valence-electron chi connectivity index (χ4n) is 1.59. The van der Waals surface area contributed by atoms with Crippen LogP contribution in [0, 0.1) is 19.3 Å². The van der Waals surface area contributed by atoms with E-state index in [2.05, 4.69) is 43.2 Å². The Morgan fingerprint density at radius 2 is 1.60 bits per heavy atom. The van der Waals surface area contributed by atoms with E-state index in [1.807, 2.05) is 18.2 Å². The van der Waals surface area contributed by atoms with Crippen molar-refractivity contribution in [3.63, 3.8) is 0 Å². The molecule has 0 saturated heterocycles. The molecule has 0 atom stereocenters. The Morgan fingerprint density at radius 3 is 2.27 bits per heavy atom. The third kappa shape index (κ3) is 1.92. The van der Waals surface area contributed by atoms with Gasteiger partial charge in [-0.3, -0.25) is 0 Å². The average Bonchev–Trinajstić information content (AvgIpc) is 2.30. The second kappa shape index (κ2) is 4.02. The molecule has 0 aliphatic rings. The van der Waals surface area contributed by atoms with Crippen molar-refractivity contribution >= 4 is 0 Å². The van der Waals surface area contributed by atoms with Crippen LogP contribution in [0.15, 0.2) is 48.5 Å². The van der Waals surface area contributed by atoms with Gasteiger partial charge in [0.2, 0.25) is 0 Å². The van der Waals surface area contributed by atoms with Crippen LogP contribution in [-0.4, -0.2) is 0 Å². The second-order valence-electron chi connectivity index (χ2n) is 3.56. The second-order valence-corrected chi connectivity index (χ2v) is 3.56. The lowest BCUT2D eigenvalue weighted by atomic mass is 9.99. The maximum Gasteiger partial charge on any atom is 0.0321 e. The number of terminal acetylenes is 1. The number of benzene rings is 2. The molecule has 0 unspecified atom stereocenters. The van der Waals surface area contributed by atoms with E-state index in [9.17, 15) is 0 Å². The number of hydrogen-bond donors (Lipinski definition) is 0. The van der Waals surface area contributed by atoms with Crippen LogP contribution in [0.1, 0.15) is 11.1 Å². The minimum Gasteiger partial charge on any atom is -0.115 e. The van der Waals surface area contributed by atoms with Gasteiger partial charge in [0, 0.05) is 5.56 Å². The smallest absolute Gasteiger partial charge is 0.0321 e. The Morgan fingerprint density at radius 1 is 0.933 bits per heavy atom. The maximum absolute atomic E-state index is 5.47. The largest absolute Gasteiger partial charge is 0.115 e. The number of aryl methyl sites for hydroxylation is 1. The molecule has 0 N–H and O–H groups in total. The molecule has 2 aromatic rings. The lowest BCUT2D eigenvalue weighted by Crippen LogP contribution is -1.83. The summed E-state index contributed by atoms with van der Waals surface area (Å²) >= 11 is 0. The van der Waals surface area contributed by atoms with Crippen molar-refractivity contribution in [2.24, 2.45) is 0 Å². The first-order valence-electron chi connectivity index (χ1n) is 4.94. The number of hydrogen-bond acceptors (Lipinski definition) is 0. The van der Waals surface area contributed by atoms with Gasteiger partial charge in [-0.2, -0.15) is 0 Å². The van der Waals surface area contributed by atoms with Crippen molar-refractivity contribution in [2.75, 3.05) is 0 Å². The van der Waals surface area contributed by atoms with Gasteiger partial charge in [-0.1, -0.05) is 53.9 Å². The van der Waals surface area contributed by atoms with E-state index in [4.69, 9.17) is 6.42 Å². The van der Waals surface area contributed by atoms with E-state index in [0.29, 0.717) is 0 Å². The zero-order chi connectivity index (χ0) is 10.7. The molecule has 0 saturated carbocycles. The molecular formula is C15H12. The summed E-state index contributed by atoms with van der Waals surface area (Å²) in [6.45, 7) is 2.08.